The fraction of sp³-hybridized carbons (Fsp3) is 0.882. The molecule has 0 saturated heterocycles. The van der Waals surface area contributed by atoms with E-state index in [0.717, 1.165) is 25.7 Å². The Morgan fingerprint density at radius 1 is 0.952 bits per heavy atom. The van der Waals surface area contributed by atoms with Gasteiger partial charge in [0.2, 0.25) is 0 Å². The molecule has 0 bridgehead atoms. The summed E-state index contributed by atoms with van der Waals surface area (Å²) in [5.41, 5.74) is 0. The lowest BCUT2D eigenvalue weighted by atomic mass is 10.0. The summed E-state index contributed by atoms with van der Waals surface area (Å²) in [5.74, 6) is -0.243. The molecule has 1 atom stereocenters. The zero-order valence-electron chi connectivity index (χ0n) is 14.2. The van der Waals surface area contributed by atoms with Crippen molar-refractivity contribution in [3.8, 4) is 0 Å². The number of rotatable bonds is 12. The second-order valence-corrected chi connectivity index (χ2v) is 7.25. The van der Waals surface area contributed by atoms with Gasteiger partial charge in [0, 0.05) is 6.42 Å². The van der Waals surface area contributed by atoms with Crippen LogP contribution in [-0.4, -0.2) is 22.4 Å². The Morgan fingerprint density at radius 3 is 2.14 bits per heavy atom. The molecule has 0 spiro atoms. The third-order valence-electron chi connectivity index (χ3n) is 3.51. The fourth-order valence-corrected chi connectivity index (χ4v) is 3.42. The van der Waals surface area contributed by atoms with Gasteiger partial charge in [-0.3, -0.25) is 9.59 Å². The molecule has 0 aromatic heterocycles. The van der Waals surface area contributed by atoms with Gasteiger partial charge in [-0.2, -0.15) is 0 Å². The maximum Gasteiger partial charge on any atom is 0.322 e. The first-order chi connectivity index (χ1) is 10.00. The van der Waals surface area contributed by atoms with Crippen LogP contribution >= 0.6 is 11.8 Å². The standard InChI is InChI=1S/C17H32O3S/c1-5-8-9-10-11-12-14-17(4,16(19)20-7-3)21-15(18)13-6-2/h5-14H2,1-4H3. The Hall–Kier alpha value is -0.510. The number of thioether (sulfide) groups is 1. The molecule has 0 rings (SSSR count). The van der Waals surface area contributed by atoms with Crippen LogP contribution in [0.1, 0.15) is 85.5 Å². The second-order valence-electron chi connectivity index (χ2n) is 5.69. The molecule has 0 aromatic rings. The molecule has 0 saturated carbocycles. The predicted octanol–water partition coefficient (Wildman–Crippen LogP) is 5.12. The van der Waals surface area contributed by atoms with Gasteiger partial charge in [-0.05, 0) is 26.7 Å². The molecule has 0 radical (unpaired) electrons. The van der Waals surface area contributed by atoms with Crippen LogP contribution in [0.4, 0.5) is 0 Å². The number of carbonyl (C=O) groups is 2. The van der Waals surface area contributed by atoms with Crippen LogP contribution in [0.2, 0.25) is 0 Å². The minimum Gasteiger partial charge on any atom is -0.465 e. The SMILES string of the molecule is CCCCCCCCC(C)(SC(=O)CCC)C(=O)OCC. The zero-order chi connectivity index (χ0) is 16.1. The molecule has 0 heterocycles. The molecule has 3 nitrogen and oxygen atoms in total. The molecule has 1 unspecified atom stereocenters. The van der Waals surface area contributed by atoms with E-state index in [1.165, 1.54) is 37.4 Å². The summed E-state index contributed by atoms with van der Waals surface area (Å²) in [6.45, 7) is 8.21. The van der Waals surface area contributed by atoms with E-state index < -0.39 is 4.75 Å². The first kappa shape index (κ1) is 20.5. The van der Waals surface area contributed by atoms with Crippen molar-refractivity contribution >= 4 is 22.8 Å². The molecule has 0 aliphatic heterocycles. The van der Waals surface area contributed by atoms with Crippen LogP contribution in [0.3, 0.4) is 0 Å². The van der Waals surface area contributed by atoms with E-state index in [2.05, 4.69) is 6.92 Å². The summed E-state index contributed by atoms with van der Waals surface area (Å²) in [4.78, 5) is 24.1. The molecule has 0 aliphatic carbocycles. The van der Waals surface area contributed by atoms with E-state index in [1.807, 2.05) is 20.8 Å². The molecule has 4 heteroatoms. The van der Waals surface area contributed by atoms with Gasteiger partial charge in [0.15, 0.2) is 5.12 Å². The summed E-state index contributed by atoms with van der Waals surface area (Å²) in [6.07, 6.45) is 9.15. The Bertz CT molecular complexity index is 304. The topological polar surface area (TPSA) is 43.4 Å². The zero-order valence-corrected chi connectivity index (χ0v) is 15.0. The minimum atomic E-state index is -0.715. The highest BCUT2D eigenvalue weighted by Crippen LogP contribution is 2.34. The minimum absolute atomic E-state index is 0.0963. The summed E-state index contributed by atoms with van der Waals surface area (Å²) in [6, 6.07) is 0. The number of unbranched alkanes of at least 4 members (excludes halogenated alkanes) is 5. The molecule has 0 aromatic carbocycles. The van der Waals surface area contributed by atoms with E-state index in [1.54, 1.807) is 0 Å². The second kappa shape index (κ2) is 12.1. The van der Waals surface area contributed by atoms with E-state index >= 15 is 0 Å². The molecule has 21 heavy (non-hydrogen) atoms. The first-order valence-corrected chi connectivity index (χ1v) is 9.20. The van der Waals surface area contributed by atoms with Crippen LogP contribution < -0.4 is 0 Å². The van der Waals surface area contributed by atoms with Crippen molar-refractivity contribution in [3.05, 3.63) is 0 Å². The number of hydrogen-bond acceptors (Lipinski definition) is 4. The van der Waals surface area contributed by atoms with Crippen LogP contribution in [0, 0.1) is 0 Å². The van der Waals surface area contributed by atoms with Gasteiger partial charge >= 0.3 is 5.97 Å². The van der Waals surface area contributed by atoms with Crippen LogP contribution in [0.5, 0.6) is 0 Å². The third-order valence-corrected chi connectivity index (χ3v) is 4.76. The van der Waals surface area contributed by atoms with Gasteiger partial charge in [0.1, 0.15) is 4.75 Å². The van der Waals surface area contributed by atoms with Gasteiger partial charge < -0.3 is 4.74 Å². The Morgan fingerprint density at radius 2 is 1.57 bits per heavy atom. The molecular formula is C17H32O3S. The summed E-state index contributed by atoms with van der Waals surface area (Å²) in [5, 5.41) is 0.0963. The van der Waals surface area contributed by atoms with Crippen molar-refractivity contribution < 1.29 is 14.3 Å². The maximum atomic E-state index is 12.2. The number of carbonyl (C=O) groups excluding carboxylic acids is 2. The van der Waals surface area contributed by atoms with E-state index in [4.69, 9.17) is 4.74 Å². The van der Waals surface area contributed by atoms with Gasteiger partial charge in [-0.1, -0.05) is 64.1 Å². The van der Waals surface area contributed by atoms with Crippen LogP contribution in [-0.2, 0) is 14.3 Å². The molecule has 124 valence electrons. The van der Waals surface area contributed by atoms with Crippen molar-refractivity contribution in [2.24, 2.45) is 0 Å². The third kappa shape index (κ3) is 9.18. The Kier molecular flexibility index (Phi) is 11.8. The largest absolute Gasteiger partial charge is 0.465 e. The van der Waals surface area contributed by atoms with Gasteiger partial charge in [-0.15, -0.1) is 0 Å². The smallest absolute Gasteiger partial charge is 0.322 e. The number of hydrogen-bond donors (Lipinski definition) is 0. The van der Waals surface area contributed by atoms with Gasteiger partial charge in [0.05, 0.1) is 6.61 Å². The average Bonchev–Trinajstić information content (AvgIpc) is 2.43. The van der Waals surface area contributed by atoms with Crippen molar-refractivity contribution in [2.75, 3.05) is 6.61 Å². The Balaban J connectivity index is 4.37. The van der Waals surface area contributed by atoms with Crippen molar-refractivity contribution in [1.29, 1.82) is 0 Å². The predicted molar refractivity (Wildman–Crippen MR) is 90.5 cm³/mol. The normalized spacial score (nSPS) is 13.7. The lowest BCUT2D eigenvalue weighted by Gasteiger charge is -2.25. The first-order valence-electron chi connectivity index (χ1n) is 8.39. The molecule has 0 fully saturated rings. The molecular weight excluding hydrogens is 284 g/mol. The quantitative estimate of drug-likeness (QED) is 0.370. The van der Waals surface area contributed by atoms with E-state index in [0.29, 0.717) is 13.0 Å². The molecule has 0 aliphatic rings. The van der Waals surface area contributed by atoms with Gasteiger partial charge in [-0.25, -0.2) is 0 Å². The highest BCUT2D eigenvalue weighted by Gasteiger charge is 2.37. The monoisotopic (exact) mass is 316 g/mol. The maximum absolute atomic E-state index is 12.2. The molecule has 0 amide bonds. The lowest BCUT2D eigenvalue weighted by Crippen LogP contribution is -2.35. The van der Waals surface area contributed by atoms with Crippen molar-refractivity contribution in [1.82, 2.24) is 0 Å². The number of ether oxygens (including phenoxy) is 1. The fourth-order valence-electron chi connectivity index (χ4n) is 2.23. The summed E-state index contributed by atoms with van der Waals surface area (Å²) in [7, 11) is 0. The highest BCUT2D eigenvalue weighted by atomic mass is 32.2. The average molecular weight is 317 g/mol. The highest BCUT2D eigenvalue weighted by molar-refractivity contribution is 8.15. The van der Waals surface area contributed by atoms with E-state index in [-0.39, 0.29) is 11.1 Å². The van der Waals surface area contributed by atoms with Crippen LogP contribution in [0.25, 0.3) is 0 Å². The molecule has 0 N–H and O–H groups in total. The van der Waals surface area contributed by atoms with E-state index in [9.17, 15) is 9.59 Å². The Labute approximate surface area is 134 Å². The van der Waals surface area contributed by atoms with Gasteiger partial charge in [0.25, 0.3) is 0 Å². The summed E-state index contributed by atoms with van der Waals surface area (Å²) < 4.78 is 4.45. The van der Waals surface area contributed by atoms with Crippen molar-refractivity contribution in [3.63, 3.8) is 0 Å². The summed E-state index contributed by atoms with van der Waals surface area (Å²) >= 11 is 1.17. The van der Waals surface area contributed by atoms with Crippen molar-refractivity contribution in [2.45, 2.75) is 90.2 Å². The number of esters is 1. The lowest BCUT2D eigenvalue weighted by molar-refractivity contribution is -0.146. The van der Waals surface area contributed by atoms with Crippen LogP contribution in [0.15, 0.2) is 0 Å².